The standard InChI is InChI=1S/C20H32N4O2.ClH/c1-22(2)15-16-26-19-6-4-3-5-18(19)23-11-13-24(14-12-23)20(25)17-7-9-21-10-8-17;/h3-6,17,21H,7-16H2,1-2H3;1H. The molecule has 0 unspecified atom stereocenters. The first-order chi connectivity index (χ1) is 12.6. The zero-order valence-electron chi connectivity index (χ0n) is 16.5. The number of rotatable bonds is 6. The third kappa shape index (κ3) is 5.99. The highest BCUT2D eigenvalue weighted by Crippen LogP contribution is 2.29. The number of hydrogen-bond donors (Lipinski definition) is 1. The van der Waals surface area contributed by atoms with Crippen molar-refractivity contribution in [3.8, 4) is 5.75 Å². The van der Waals surface area contributed by atoms with Crippen LogP contribution in [0, 0.1) is 5.92 Å². The van der Waals surface area contributed by atoms with Crippen LogP contribution in [0.5, 0.6) is 5.75 Å². The molecule has 0 atom stereocenters. The van der Waals surface area contributed by atoms with E-state index in [2.05, 4.69) is 32.1 Å². The van der Waals surface area contributed by atoms with E-state index < -0.39 is 0 Å². The fourth-order valence-corrected chi connectivity index (χ4v) is 3.67. The minimum Gasteiger partial charge on any atom is -0.490 e. The maximum Gasteiger partial charge on any atom is 0.225 e. The van der Waals surface area contributed by atoms with Crippen molar-refractivity contribution in [1.29, 1.82) is 0 Å². The summed E-state index contributed by atoms with van der Waals surface area (Å²) in [6, 6.07) is 8.24. The van der Waals surface area contributed by atoms with Crippen molar-refractivity contribution < 1.29 is 9.53 Å². The molecule has 6 nitrogen and oxygen atoms in total. The van der Waals surface area contributed by atoms with Gasteiger partial charge in [0.15, 0.2) is 0 Å². The van der Waals surface area contributed by atoms with Gasteiger partial charge in [-0.3, -0.25) is 4.79 Å². The molecule has 1 N–H and O–H groups in total. The molecule has 0 aliphatic carbocycles. The van der Waals surface area contributed by atoms with Crippen molar-refractivity contribution in [2.45, 2.75) is 12.8 Å². The van der Waals surface area contributed by atoms with Gasteiger partial charge in [0, 0.05) is 38.6 Å². The van der Waals surface area contributed by atoms with Crippen molar-refractivity contribution in [3.63, 3.8) is 0 Å². The van der Waals surface area contributed by atoms with Gasteiger partial charge in [-0.05, 0) is 52.2 Å². The number of nitrogens with zero attached hydrogens (tertiary/aromatic N) is 3. The van der Waals surface area contributed by atoms with Gasteiger partial charge in [0.05, 0.1) is 5.69 Å². The molecule has 0 bridgehead atoms. The van der Waals surface area contributed by atoms with Gasteiger partial charge in [-0.2, -0.15) is 0 Å². The number of para-hydroxylation sites is 2. The van der Waals surface area contributed by atoms with Gasteiger partial charge in [-0.1, -0.05) is 12.1 Å². The first kappa shape index (κ1) is 21.8. The van der Waals surface area contributed by atoms with E-state index in [-0.39, 0.29) is 18.3 Å². The number of hydrogen-bond acceptors (Lipinski definition) is 5. The summed E-state index contributed by atoms with van der Waals surface area (Å²) in [7, 11) is 4.10. The first-order valence-corrected chi connectivity index (χ1v) is 9.76. The average molecular weight is 397 g/mol. The predicted molar refractivity (Wildman–Crippen MR) is 112 cm³/mol. The average Bonchev–Trinajstić information content (AvgIpc) is 2.68. The lowest BCUT2D eigenvalue weighted by atomic mass is 9.96. The van der Waals surface area contributed by atoms with E-state index >= 15 is 0 Å². The number of piperazine rings is 1. The zero-order chi connectivity index (χ0) is 18.4. The van der Waals surface area contributed by atoms with Crippen LogP contribution in [0.4, 0.5) is 5.69 Å². The third-order valence-electron chi connectivity index (χ3n) is 5.28. The Labute approximate surface area is 169 Å². The molecule has 1 aromatic carbocycles. The number of amides is 1. The Hall–Kier alpha value is -1.50. The fraction of sp³-hybridized carbons (Fsp3) is 0.650. The number of piperidine rings is 1. The number of nitrogens with one attached hydrogen (secondary N) is 1. The van der Waals surface area contributed by atoms with Crippen molar-refractivity contribution in [2.24, 2.45) is 5.92 Å². The van der Waals surface area contributed by atoms with Crippen LogP contribution in [0.25, 0.3) is 0 Å². The normalized spacial score (nSPS) is 18.3. The van der Waals surface area contributed by atoms with Gasteiger partial charge in [-0.15, -0.1) is 12.4 Å². The van der Waals surface area contributed by atoms with Crippen LogP contribution < -0.4 is 15.0 Å². The lowest BCUT2D eigenvalue weighted by Crippen LogP contribution is -2.51. The summed E-state index contributed by atoms with van der Waals surface area (Å²) < 4.78 is 6.00. The van der Waals surface area contributed by atoms with Crippen molar-refractivity contribution >= 4 is 24.0 Å². The predicted octanol–water partition coefficient (Wildman–Crippen LogP) is 1.70. The Balaban J connectivity index is 0.00000261. The number of carbonyl (C=O) groups is 1. The number of ether oxygens (including phenoxy) is 1. The van der Waals surface area contributed by atoms with Crippen LogP contribution in [0.2, 0.25) is 0 Å². The Morgan fingerprint density at radius 1 is 1.15 bits per heavy atom. The lowest BCUT2D eigenvalue weighted by molar-refractivity contribution is -0.136. The van der Waals surface area contributed by atoms with Crippen LogP contribution in [-0.4, -0.2) is 82.2 Å². The quantitative estimate of drug-likeness (QED) is 0.793. The van der Waals surface area contributed by atoms with Crippen molar-refractivity contribution in [1.82, 2.24) is 15.1 Å². The smallest absolute Gasteiger partial charge is 0.225 e. The minimum atomic E-state index is 0. The number of carbonyl (C=O) groups excluding carboxylic acids is 1. The zero-order valence-corrected chi connectivity index (χ0v) is 17.3. The SMILES string of the molecule is CN(C)CCOc1ccccc1N1CCN(C(=O)C2CCNCC2)CC1.Cl. The summed E-state index contributed by atoms with van der Waals surface area (Å²) in [6.45, 7) is 6.84. The molecule has 1 amide bonds. The molecule has 152 valence electrons. The van der Waals surface area contributed by atoms with Gasteiger partial charge in [0.1, 0.15) is 12.4 Å². The summed E-state index contributed by atoms with van der Waals surface area (Å²) in [5.41, 5.74) is 1.14. The van der Waals surface area contributed by atoms with Crippen molar-refractivity contribution in [3.05, 3.63) is 24.3 Å². The van der Waals surface area contributed by atoms with Crippen LogP contribution in [-0.2, 0) is 4.79 Å². The second-order valence-electron chi connectivity index (χ2n) is 7.46. The molecular formula is C20H33ClN4O2. The second kappa shape index (κ2) is 10.7. The Kier molecular flexibility index (Phi) is 8.67. The van der Waals surface area contributed by atoms with E-state index in [9.17, 15) is 4.79 Å². The molecule has 0 aromatic heterocycles. The van der Waals surface area contributed by atoms with Crippen LogP contribution in [0.15, 0.2) is 24.3 Å². The topological polar surface area (TPSA) is 48.1 Å². The van der Waals surface area contributed by atoms with Gasteiger partial charge >= 0.3 is 0 Å². The largest absolute Gasteiger partial charge is 0.490 e. The van der Waals surface area contributed by atoms with Crippen molar-refractivity contribution in [2.75, 3.05) is 71.4 Å². The van der Waals surface area contributed by atoms with E-state index in [1.54, 1.807) is 0 Å². The molecular weight excluding hydrogens is 364 g/mol. The molecule has 3 rings (SSSR count). The summed E-state index contributed by atoms with van der Waals surface area (Å²) in [4.78, 5) is 19.2. The molecule has 0 radical (unpaired) electrons. The Morgan fingerprint density at radius 3 is 2.48 bits per heavy atom. The van der Waals surface area contributed by atoms with Gasteiger partial charge < -0.3 is 24.8 Å². The summed E-state index contributed by atoms with van der Waals surface area (Å²) in [5, 5.41) is 3.34. The monoisotopic (exact) mass is 396 g/mol. The number of halogens is 1. The third-order valence-corrected chi connectivity index (χ3v) is 5.28. The Morgan fingerprint density at radius 2 is 1.81 bits per heavy atom. The molecule has 7 heteroatoms. The molecule has 2 aliphatic heterocycles. The number of anilines is 1. The molecule has 0 saturated carbocycles. The number of likely N-dealkylation sites (N-methyl/N-ethyl adjacent to an activating group) is 1. The summed E-state index contributed by atoms with van der Waals surface area (Å²) >= 11 is 0. The maximum absolute atomic E-state index is 12.7. The summed E-state index contributed by atoms with van der Waals surface area (Å²) in [5.74, 6) is 1.50. The highest BCUT2D eigenvalue weighted by molar-refractivity contribution is 5.85. The Bertz CT molecular complexity index is 585. The maximum atomic E-state index is 12.7. The van der Waals surface area contributed by atoms with E-state index in [0.29, 0.717) is 12.5 Å². The van der Waals surface area contributed by atoms with E-state index in [1.807, 2.05) is 26.2 Å². The minimum absolute atomic E-state index is 0. The van der Waals surface area contributed by atoms with E-state index in [0.717, 1.165) is 70.1 Å². The molecule has 0 spiro atoms. The summed E-state index contributed by atoms with van der Waals surface area (Å²) in [6.07, 6.45) is 1.95. The molecule has 2 fully saturated rings. The van der Waals surface area contributed by atoms with Gasteiger partial charge in [0.25, 0.3) is 0 Å². The molecule has 2 saturated heterocycles. The first-order valence-electron chi connectivity index (χ1n) is 9.76. The van der Waals surface area contributed by atoms with E-state index in [1.165, 1.54) is 0 Å². The van der Waals surface area contributed by atoms with Crippen LogP contribution in [0.1, 0.15) is 12.8 Å². The molecule has 1 aromatic rings. The second-order valence-corrected chi connectivity index (χ2v) is 7.46. The molecule has 2 aliphatic rings. The highest BCUT2D eigenvalue weighted by Gasteiger charge is 2.29. The van der Waals surface area contributed by atoms with E-state index in [4.69, 9.17) is 4.74 Å². The van der Waals surface area contributed by atoms with Gasteiger partial charge in [0.2, 0.25) is 5.91 Å². The van der Waals surface area contributed by atoms with Crippen LogP contribution >= 0.6 is 12.4 Å². The highest BCUT2D eigenvalue weighted by atomic mass is 35.5. The number of benzene rings is 1. The molecule has 27 heavy (non-hydrogen) atoms. The fourth-order valence-electron chi connectivity index (χ4n) is 3.67. The lowest BCUT2D eigenvalue weighted by Gasteiger charge is -2.38. The van der Waals surface area contributed by atoms with Gasteiger partial charge in [-0.25, -0.2) is 0 Å². The molecule has 2 heterocycles. The van der Waals surface area contributed by atoms with Crippen LogP contribution in [0.3, 0.4) is 0 Å².